The van der Waals surface area contributed by atoms with Crippen molar-refractivity contribution >= 4 is 21.8 Å². The molecule has 2 aromatic rings. The number of aromatic nitrogens is 2. The Morgan fingerprint density at radius 1 is 1.33 bits per heavy atom. The predicted molar refractivity (Wildman–Crippen MR) is 84.2 cm³/mol. The first-order valence-corrected chi connectivity index (χ1v) is 7.65. The predicted octanol–water partition coefficient (Wildman–Crippen LogP) is 2.69. The lowest BCUT2D eigenvalue weighted by Gasteiger charge is -2.07. The van der Waals surface area contributed by atoms with Crippen molar-refractivity contribution in [3.8, 4) is 5.75 Å². The minimum atomic E-state index is 0.0499. The number of amides is 1. The maximum absolute atomic E-state index is 11.6. The summed E-state index contributed by atoms with van der Waals surface area (Å²) in [4.78, 5) is 18.6. The van der Waals surface area contributed by atoms with Crippen LogP contribution in [0.1, 0.15) is 18.5 Å². The molecular weight excluding hydrogens is 334 g/mol. The summed E-state index contributed by atoms with van der Waals surface area (Å²) in [5.41, 5.74) is 1.02. The first-order valence-electron chi connectivity index (χ1n) is 6.86. The van der Waals surface area contributed by atoms with E-state index in [2.05, 4.69) is 31.2 Å². The summed E-state index contributed by atoms with van der Waals surface area (Å²) in [7, 11) is 0. The van der Waals surface area contributed by atoms with Crippen LogP contribution in [0.5, 0.6) is 5.75 Å². The lowest BCUT2D eigenvalue weighted by molar-refractivity contribution is -0.121. The van der Waals surface area contributed by atoms with Gasteiger partial charge in [-0.25, -0.2) is 4.98 Å². The Hall–Kier alpha value is -1.82. The minimum Gasteiger partial charge on any atom is -0.494 e. The van der Waals surface area contributed by atoms with Crippen LogP contribution >= 0.6 is 15.9 Å². The van der Waals surface area contributed by atoms with E-state index in [1.165, 1.54) is 0 Å². The largest absolute Gasteiger partial charge is 0.494 e. The Kier molecular flexibility index (Phi) is 6.27. The molecule has 21 heavy (non-hydrogen) atoms. The van der Waals surface area contributed by atoms with Gasteiger partial charge in [-0.15, -0.1) is 0 Å². The number of H-pyrrole nitrogens is 1. The molecule has 0 radical (unpaired) electrons. The van der Waals surface area contributed by atoms with E-state index >= 15 is 0 Å². The van der Waals surface area contributed by atoms with Gasteiger partial charge in [0.05, 0.1) is 12.9 Å². The molecule has 1 aromatic carbocycles. The van der Waals surface area contributed by atoms with Gasteiger partial charge < -0.3 is 15.0 Å². The van der Waals surface area contributed by atoms with Gasteiger partial charge in [-0.1, -0.05) is 15.9 Å². The molecule has 2 N–H and O–H groups in total. The highest BCUT2D eigenvalue weighted by Crippen LogP contribution is 2.16. The van der Waals surface area contributed by atoms with E-state index in [4.69, 9.17) is 4.74 Å². The number of carbonyl (C=O) groups is 1. The van der Waals surface area contributed by atoms with Gasteiger partial charge in [0, 0.05) is 35.7 Å². The third-order valence-electron chi connectivity index (χ3n) is 2.90. The van der Waals surface area contributed by atoms with Gasteiger partial charge in [0.2, 0.25) is 5.91 Å². The number of imidazole rings is 1. The highest BCUT2D eigenvalue weighted by Gasteiger charge is 2.02. The number of carbonyl (C=O) groups excluding carboxylic acids is 1. The molecular formula is C15H18BrN3O2. The van der Waals surface area contributed by atoms with Crippen molar-refractivity contribution < 1.29 is 9.53 Å². The number of hydrogen-bond acceptors (Lipinski definition) is 3. The summed E-state index contributed by atoms with van der Waals surface area (Å²) in [5, 5.41) is 2.88. The van der Waals surface area contributed by atoms with Gasteiger partial charge in [-0.05, 0) is 30.7 Å². The first-order chi connectivity index (χ1) is 10.2. The average molecular weight is 352 g/mol. The molecule has 0 atom stereocenters. The Labute approximate surface area is 132 Å². The topological polar surface area (TPSA) is 67.0 Å². The molecule has 5 nitrogen and oxygen atoms in total. The third-order valence-corrected chi connectivity index (χ3v) is 3.43. The first kappa shape index (κ1) is 15.6. The van der Waals surface area contributed by atoms with E-state index in [0.717, 1.165) is 22.3 Å². The van der Waals surface area contributed by atoms with Crippen LogP contribution in [0.3, 0.4) is 0 Å². The standard InChI is InChI=1S/C15H18BrN3O2/c16-12-3-5-14(6-4-12)21-9-1-2-15(20)18-8-7-13-10-17-11-19-13/h3-6,10-11H,1-2,7-9H2,(H,17,19)(H,18,20). The van der Waals surface area contributed by atoms with Crippen molar-refractivity contribution in [1.29, 1.82) is 0 Å². The van der Waals surface area contributed by atoms with Crippen LogP contribution < -0.4 is 10.1 Å². The number of nitrogens with one attached hydrogen (secondary N) is 2. The molecule has 0 spiro atoms. The van der Waals surface area contributed by atoms with Crippen molar-refractivity contribution in [2.45, 2.75) is 19.3 Å². The van der Waals surface area contributed by atoms with Crippen molar-refractivity contribution in [3.05, 3.63) is 47.0 Å². The monoisotopic (exact) mass is 351 g/mol. The minimum absolute atomic E-state index is 0.0499. The Morgan fingerprint density at radius 2 is 2.14 bits per heavy atom. The number of benzene rings is 1. The zero-order valence-electron chi connectivity index (χ0n) is 11.6. The highest BCUT2D eigenvalue weighted by molar-refractivity contribution is 9.10. The zero-order chi connectivity index (χ0) is 14.9. The number of ether oxygens (including phenoxy) is 1. The second-order valence-corrected chi connectivity index (χ2v) is 5.50. The highest BCUT2D eigenvalue weighted by atomic mass is 79.9. The molecule has 112 valence electrons. The van der Waals surface area contributed by atoms with Crippen LogP contribution in [0, 0.1) is 0 Å². The lowest BCUT2D eigenvalue weighted by atomic mass is 10.3. The molecule has 0 saturated carbocycles. The second-order valence-electron chi connectivity index (χ2n) is 4.58. The van der Waals surface area contributed by atoms with Crippen molar-refractivity contribution in [2.75, 3.05) is 13.2 Å². The Bertz CT molecular complexity index is 541. The Balaban J connectivity index is 1.53. The molecule has 2 rings (SSSR count). The van der Waals surface area contributed by atoms with Gasteiger partial charge in [-0.2, -0.15) is 0 Å². The van der Waals surface area contributed by atoms with Crippen LogP contribution in [0.2, 0.25) is 0 Å². The normalized spacial score (nSPS) is 10.3. The number of halogens is 1. The maximum atomic E-state index is 11.6. The molecule has 0 fully saturated rings. The van der Waals surface area contributed by atoms with Gasteiger partial charge in [0.1, 0.15) is 5.75 Å². The molecule has 1 heterocycles. The smallest absolute Gasteiger partial charge is 0.220 e. The summed E-state index contributed by atoms with van der Waals surface area (Å²) in [6.45, 7) is 1.16. The van der Waals surface area contributed by atoms with E-state index < -0.39 is 0 Å². The van der Waals surface area contributed by atoms with E-state index in [1.54, 1.807) is 12.5 Å². The molecule has 0 aliphatic rings. The Morgan fingerprint density at radius 3 is 2.86 bits per heavy atom. The molecule has 0 unspecified atom stereocenters. The fourth-order valence-electron chi connectivity index (χ4n) is 1.80. The summed E-state index contributed by atoms with van der Waals surface area (Å²) >= 11 is 3.37. The van der Waals surface area contributed by atoms with Crippen LogP contribution in [-0.4, -0.2) is 29.0 Å². The van der Waals surface area contributed by atoms with Crippen molar-refractivity contribution in [3.63, 3.8) is 0 Å². The molecule has 0 aliphatic carbocycles. The van der Waals surface area contributed by atoms with Gasteiger partial charge >= 0.3 is 0 Å². The number of hydrogen-bond donors (Lipinski definition) is 2. The molecule has 0 bridgehead atoms. The van der Waals surface area contributed by atoms with E-state index in [0.29, 0.717) is 26.0 Å². The van der Waals surface area contributed by atoms with Gasteiger partial charge in [0.25, 0.3) is 0 Å². The molecule has 1 amide bonds. The fourth-order valence-corrected chi connectivity index (χ4v) is 2.06. The molecule has 0 saturated heterocycles. The van der Waals surface area contributed by atoms with Crippen LogP contribution in [0.4, 0.5) is 0 Å². The van der Waals surface area contributed by atoms with Crippen LogP contribution in [-0.2, 0) is 11.2 Å². The van der Waals surface area contributed by atoms with Crippen LogP contribution in [0.15, 0.2) is 41.3 Å². The van der Waals surface area contributed by atoms with Gasteiger partial charge in [-0.3, -0.25) is 4.79 Å². The SMILES string of the molecule is O=C(CCCOc1ccc(Br)cc1)NCCc1cnc[nH]1. The zero-order valence-corrected chi connectivity index (χ0v) is 13.2. The lowest BCUT2D eigenvalue weighted by Crippen LogP contribution is -2.25. The fraction of sp³-hybridized carbons (Fsp3) is 0.333. The average Bonchev–Trinajstić information content (AvgIpc) is 2.99. The van der Waals surface area contributed by atoms with E-state index in [9.17, 15) is 4.79 Å². The van der Waals surface area contributed by atoms with E-state index in [1.807, 2.05) is 24.3 Å². The van der Waals surface area contributed by atoms with Crippen molar-refractivity contribution in [2.24, 2.45) is 0 Å². The summed E-state index contributed by atoms with van der Waals surface area (Å²) in [5.74, 6) is 0.867. The van der Waals surface area contributed by atoms with Gasteiger partial charge in [0.15, 0.2) is 0 Å². The molecule has 6 heteroatoms. The van der Waals surface area contributed by atoms with Crippen molar-refractivity contribution in [1.82, 2.24) is 15.3 Å². The number of aromatic amines is 1. The third kappa shape index (κ3) is 5.99. The number of nitrogens with zero attached hydrogens (tertiary/aromatic N) is 1. The molecule has 0 aliphatic heterocycles. The summed E-state index contributed by atoms with van der Waals surface area (Å²) < 4.78 is 6.58. The maximum Gasteiger partial charge on any atom is 0.220 e. The second kappa shape index (κ2) is 8.46. The number of rotatable bonds is 8. The summed E-state index contributed by atoms with van der Waals surface area (Å²) in [6, 6.07) is 7.65. The van der Waals surface area contributed by atoms with E-state index in [-0.39, 0.29) is 5.91 Å². The molecule has 1 aromatic heterocycles. The summed E-state index contributed by atoms with van der Waals surface area (Å²) in [6.07, 6.45) is 5.33. The van der Waals surface area contributed by atoms with Crippen LogP contribution in [0.25, 0.3) is 0 Å². The quantitative estimate of drug-likeness (QED) is 0.718.